The minimum Gasteiger partial charge on any atom is -0.376 e. The monoisotopic (exact) mass is 261 g/mol. The Balaban J connectivity index is 2.01. The summed E-state index contributed by atoms with van der Waals surface area (Å²) in [4.78, 5) is 0. The maximum atomic E-state index is 6.01. The average molecular weight is 261 g/mol. The topological polar surface area (TPSA) is 21.3 Å². The molecule has 0 aromatic heterocycles. The van der Waals surface area contributed by atoms with Gasteiger partial charge in [0.25, 0.3) is 0 Å². The van der Waals surface area contributed by atoms with E-state index in [4.69, 9.17) is 4.74 Å². The molecule has 1 N–H and O–H groups in total. The summed E-state index contributed by atoms with van der Waals surface area (Å²) in [6.07, 6.45) is 5.49. The van der Waals surface area contributed by atoms with Gasteiger partial charge in [-0.15, -0.1) is 0 Å². The summed E-state index contributed by atoms with van der Waals surface area (Å²) in [5.41, 5.74) is 4.04. The molecule has 2 nitrogen and oxygen atoms in total. The van der Waals surface area contributed by atoms with Crippen molar-refractivity contribution in [2.45, 2.75) is 58.6 Å². The van der Waals surface area contributed by atoms with Crippen molar-refractivity contribution in [3.8, 4) is 0 Å². The first-order valence-electron chi connectivity index (χ1n) is 7.62. The first kappa shape index (κ1) is 14.5. The zero-order valence-electron chi connectivity index (χ0n) is 12.5. The van der Waals surface area contributed by atoms with E-state index in [2.05, 4.69) is 44.3 Å². The SMILES string of the molecule is CCCNC(COC1CCC1)c1cc(C)cc(C)c1. The van der Waals surface area contributed by atoms with E-state index < -0.39 is 0 Å². The van der Waals surface area contributed by atoms with Crippen molar-refractivity contribution in [1.82, 2.24) is 5.32 Å². The van der Waals surface area contributed by atoms with Crippen molar-refractivity contribution < 1.29 is 4.74 Å². The van der Waals surface area contributed by atoms with Crippen molar-refractivity contribution in [1.29, 1.82) is 0 Å². The van der Waals surface area contributed by atoms with Gasteiger partial charge in [-0.2, -0.15) is 0 Å². The van der Waals surface area contributed by atoms with Gasteiger partial charge in [-0.05, 0) is 51.6 Å². The van der Waals surface area contributed by atoms with Crippen LogP contribution in [0.25, 0.3) is 0 Å². The standard InChI is InChI=1S/C17H27NO/c1-4-8-18-17(12-19-16-6-5-7-16)15-10-13(2)9-14(3)11-15/h9-11,16-18H,4-8,12H2,1-3H3. The highest BCUT2D eigenvalue weighted by Crippen LogP contribution is 2.24. The van der Waals surface area contributed by atoms with Crippen LogP contribution < -0.4 is 5.32 Å². The summed E-state index contributed by atoms with van der Waals surface area (Å²) in [5, 5.41) is 3.62. The van der Waals surface area contributed by atoms with E-state index >= 15 is 0 Å². The largest absolute Gasteiger partial charge is 0.376 e. The fraction of sp³-hybridized carbons (Fsp3) is 0.647. The van der Waals surface area contributed by atoms with Gasteiger partial charge >= 0.3 is 0 Å². The van der Waals surface area contributed by atoms with Gasteiger partial charge in [0.1, 0.15) is 0 Å². The zero-order valence-corrected chi connectivity index (χ0v) is 12.5. The molecule has 1 aliphatic carbocycles. The van der Waals surface area contributed by atoms with Gasteiger partial charge in [-0.3, -0.25) is 0 Å². The molecule has 19 heavy (non-hydrogen) atoms. The summed E-state index contributed by atoms with van der Waals surface area (Å²) in [6, 6.07) is 7.13. The van der Waals surface area contributed by atoms with E-state index in [0.717, 1.165) is 19.6 Å². The van der Waals surface area contributed by atoms with Crippen molar-refractivity contribution in [2.24, 2.45) is 0 Å². The van der Waals surface area contributed by atoms with Crippen LogP contribution in [0, 0.1) is 13.8 Å². The highest BCUT2D eigenvalue weighted by atomic mass is 16.5. The average Bonchev–Trinajstić information content (AvgIpc) is 2.30. The molecule has 0 spiro atoms. The van der Waals surface area contributed by atoms with Gasteiger partial charge in [0.05, 0.1) is 18.8 Å². The lowest BCUT2D eigenvalue weighted by atomic mass is 9.96. The van der Waals surface area contributed by atoms with E-state index in [1.165, 1.54) is 36.0 Å². The summed E-state index contributed by atoms with van der Waals surface area (Å²) >= 11 is 0. The van der Waals surface area contributed by atoms with Crippen LogP contribution in [0.15, 0.2) is 18.2 Å². The molecule has 1 unspecified atom stereocenters. The molecular weight excluding hydrogens is 234 g/mol. The third-order valence-electron chi connectivity index (χ3n) is 3.84. The maximum Gasteiger partial charge on any atom is 0.0665 e. The Hall–Kier alpha value is -0.860. The number of hydrogen-bond donors (Lipinski definition) is 1. The highest BCUT2D eigenvalue weighted by molar-refractivity contribution is 5.30. The Morgan fingerprint density at radius 3 is 2.42 bits per heavy atom. The Bertz CT molecular complexity index is 378. The predicted molar refractivity (Wildman–Crippen MR) is 80.5 cm³/mol. The van der Waals surface area contributed by atoms with Crippen LogP contribution in [0.5, 0.6) is 0 Å². The molecule has 1 aromatic carbocycles. The van der Waals surface area contributed by atoms with Gasteiger partial charge in [-0.1, -0.05) is 36.2 Å². The molecule has 0 saturated heterocycles. The molecule has 1 atom stereocenters. The van der Waals surface area contributed by atoms with Gasteiger partial charge in [-0.25, -0.2) is 0 Å². The van der Waals surface area contributed by atoms with E-state index in [1.807, 2.05) is 0 Å². The minimum atomic E-state index is 0.333. The Kier molecular flexibility index (Phi) is 5.41. The lowest BCUT2D eigenvalue weighted by Gasteiger charge is -2.29. The lowest BCUT2D eigenvalue weighted by Crippen LogP contribution is -2.30. The van der Waals surface area contributed by atoms with E-state index in [0.29, 0.717) is 12.1 Å². The second-order valence-electron chi connectivity index (χ2n) is 5.81. The molecule has 1 fully saturated rings. The molecule has 1 aromatic rings. The second kappa shape index (κ2) is 7.06. The quantitative estimate of drug-likeness (QED) is 0.803. The molecule has 1 aliphatic rings. The van der Waals surface area contributed by atoms with Crippen molar-refractivity contribution in [3.05, 3.63) is 34.9 Å². The Morgan fingerprint density at radius 2 is 1.89 bits per heavy atom. The smallest absolute Gasteiger partial charge is 0.0665 e. The van der Waals surface area contributed by atoms with Crippen LogP contribution in [0.2, 0.25) is 0 Å². The first-order chi connectivity index (χ1) is 9.19. The molecular formula is C17H27NO. The van der Waals surface area contributed by atoms with Crippen molar-refractivity contribution in [2.75, 3.05) is 13.2 Å². The third kappa shape index (κ3) is 4.32. The van der Waals surface area contributed by atoms with Crippen LogP contribution in [-0.2, 0) is 4.74 Å². The van der Waals surface area contributed by atoms with Crippen molar-refractivity contribution >= 4 is 0 Å². The molecule has 0 heterocycles. The van der Waals surface area contributed by atoms with Gasteiger partial charge in [0, 0.05) is 0 Å². The molecule has 0 radical (unpaired) electrons. The number of hydrogen-bond acceptors (Lipinski definition) is 2. The van der Waals surface area contributed by atoms with E-state index in [9.17, 15) is 0 Å². The summed E-state index contributed by atoms with van der Waals surface area (Å²) in [5.74, 6) is 0. The number of nitrogens with one attached hydrogen (secondary N) is 1. The number of ether oxygens (including phenoxy) is 1. The Labute approximate surface area is 117 Å². The predicted octanol–water partition coefficient (Wildman–Crippen LogP) is 3.91. The fourth-order valence-corrected chi connectivity index (χ4v) is 2.57. The molecule has 0 amide bonds. The van der Waals surface area contributed by atoms with E-state index in [-0.39, 0.29) is 0 Å². The summed E-state index contributed by atoms with van der Waals surface area (Å²) < 4.78 is 6.01. The minimum absolute atomic E-state index is 0.333. The second-order valence-corrected chi connectivity index (χ2v) is 5.81. The number of rotatable bonds is 7. The normalized spacial score (nSPS) is 17.2. The van der Waals surface area contributed by atoms with Gasteiger partial charge < -0.3 is 10.1 Å². The first-order valence-corrected chi connectivity index (χ1v) is 7.62. The van der Waals surface area contributed by atoms with Crippen LogP contribution in [0.3, 0.4) is 0 Å². The van der Waals surface area contributed by atoms with Crippen LogP contribution in [-0.4, -0.2) is 19.3 Å². The highest BCUT2D eigenvalue weighted by Gasteiger charge is 2.20. The lowest BCUT2D eigenvalue weighted by molar-refractivity contribution is -0.00876. The molecule has 2 heteroatoms. The Morgan fingerprint density at radius 1 is 1.21 bits per heavy atom. The van der Waals surface area contributed by atoms with Gasteiger partial charge in [0.2, 0.25) is 0 Å². The summed E-state index contributed by atoms with van der Waals surface area (Å²) in [7, 11) is 0. The third-order valence-corrected chi connectivity index (χ3v) is 3.84. The fourth-order valence-electron chi connectivity index (χ4n) is 2.57. The number of aryl methyl sites for hydroxylation is 2. The zero-order chi connectivity index (χ0) is 13.7. The van der Waals surface area contributed by atoms with Crippen LogP contribution in [0.1, 0.15) is 55.3 Å². The van der Waals surface area contributed by atoms with Crippen LogP contribution >= 0.6 is 0 Å². The molecule has 0 bridgehead atoms. The van der Waals surface area contributed by atoms with Crippen molar-refractivity contribution in [3.63, 3.8) is 0 Å². The summed E-state index contributed by atoms with van der Waals surface area (Å²) in [6.45, 7) is 8.39. The molecule has 2 rings (SSSR count). The number of benzene rings is 1. The molecule has 1 saturated carbocycles. The molecule has 106 valence electrons. The van der Waals surface area contributed by atoms with Gasteiger partial charge in [0.15, 0.2) is 0 Å². The maximum absolute atomic E-state index is 6.01. The molecule has 0 aliphatic heterocycles. The van der Waals surface area contributed by atoms with E-state index in [1.54, 1.807) is 0 Å². The van der Waals surface area contributed by atoms with Crippen LogP contribution in [0.4, 0.5) is 0 Å².